The fourth-order valence-electron chi connectivity index (χ4n) is 3.41. The van der Waals surface area contributed by atoms with Crippen LogP contribution in [0.15, 0.2) is 42.0 Å². The van der Waals surface area contributed by atoms with E-state index >= 15 is 0 Å². The summed E-state index contributed by atoms with van der Waals surface area (Å²) < 4.78 is 11.6. The highest BCUT2D eigenvalue weighted by molar-refractivity contribution is 7.12. The summed E-state index contributed by atoms with van der Waals surface area (Å²) in [5, 5.41) is 1.94. The molecule has 5 nitrogen and oxygen atoms in total. The zero-order valence-corrected chi connectivity index (χ0v) is 13.5. The third kappa shape index (κ3) is 2.72. The second-order valence-corrected chi connectivity index (χ2v) is 7.16. The quantitative estimate of drug-likeness (QED) is 0.863. The van der Waals surface area contributed by atoms with Crippen LogP contribution in [0.1, 0.15) is 9.67 Å². The fourth-order valence-corrected chi connectivity index (χ4v) is 4.10. The first-order chi connectivity index (χ1) is 11.3. The van der Waals surface area contributed by atoms with Crippen LogP contribution in [0.4, 0.5) is 0 Å². The standard InChI is InChI=1S/C17H18N2O3S/c20-16(15-4-2-6-23-15)19-8-13-9-21-11-17(13,10-19)12-22-14-3-1-5-18-7-14/h1-7,13H,8-12H2/t13-,17+/m1/s1. The van der Waals surface area contributed by atoms with Gasteiger partial charge in [0.2, 0.25) is 0 Å². The maximum atomic E-state index is 12.6. The summed E-state index contributed by atoms with van der Waals surface area (Å²) in [7, 11) is 0. The number of ether oxygens (including phenoxy) is 2. The summed E-state index contributed by atoms with van der Waals surface area (Å²) in [6.45, 7) is 3.33. The van der Waals surface area contributed by atoms with E-state index in [4.69, 9.17) is 9.47 Å². The van der Waals surface area contributed by atoms with Crippen LogP contribution in [0.3, 0.4) is 0 Å². The number of rotatable bonds is 4. The van der Waals surface area contributed by atoms with Crippen LogP contribution in [-0.4, -0.2) is 48.7 Å². The van der Waals surface area contributed by atoms with Gasteiger partial charge in [0, 0.05) is 25.2 Å². The highest BCUT2D eigenvalue weighted by Crippen LogP contribution is 2.42. The molecule has 2 atom stereocenters. The Morgan fingerprint density at radius 2 is 2.43 bits per heavy atom. The van der Waals surface area contributed by atoms with E-state index in [1.165, 1.54) is 11.3 Å². The maximum absolute atomic E-state index is 12.6. The molecule has 2 saturated heterocycles. The van der Waals surface area contributed by atoms with Crippen molar-refractivity contribution in [1.29, 1.82) is 0 Å². The number of pyridine rings is 1. The van der Waals surface area contributed by atoms with Gasteiger partial charge in [0.1, 0.15) is 5.75 Å². The Morgan fingerprint density at radius 3 is 3.22 bits per heavy atom. The second kappa shape index (κ2) is 5.94. The normalized spacial score (nSPS) is 26.3. The Hall–Kier alpha value is -1.92. The van der Waals surface area contributed by atoms with E-state index < -0.39 is 0 Å². The lowest BCUT2D eigenvalue weighted by Crippen LogP contribution is -2.38. The summed E-state index contributed by atoms with van der Waals surface area (Å²) in [4.78, 5) is 19.4. The number of carbonyl (C=O) groups excluding carboxylic acids is 1. The van der Waals surface area contributed by atoms with Crippen LogP contribution in [-0.2, 0) is 4.74 Å². The highest BCUT2D eigenvalue weighted by Gasteiger charge is 2.52. The second-order valence-electron chi connectivity index (χ2n) is 6.21. The molecule has 2 aromatic rings. The first-order valence-corrected chi connectivity index (χ1v) is 8.58. The molecule has 120 valence electrons. The third-order valence-corrected chi connectivity index (χ3v) is 5.56. The molecular weight excluding hydrogens is 312 g/mol. The summed E-state index contributed by atoms with van der Waals surface area (Å²) in [5.41, 5.74) is -0.108. The molecule has 0 radical (unpaired) electrons. The van der Waals surface area contributed by atoms with Crippen molar-refractivity contribution >= 4 is 17.2 Å². The van der Waals surface area contributed by atoms with Gasteiger partial charge in [-0.2, -0.15) is 0 Å². The van der Waals surface area contributed by atoms with E-state index in [0.717, 1.165) is 17.2 Å². The van der Waals surface area contributed by atoms with E-state index in [-0.39, 0.29) is 11.3 Å². The molecule has 2 fully saturated rings. The van der Waals surface area contributed by atoms with Gasteiger partial charge in [-0.1, -0.05) is 6.07 Å². The number of nitrogens with zero attached hydrogens (tertiary/aromatic N) is 2. The van der Waals surface area contributed by atoms with Crippen molar-refractivity contribution in [2.24, 2.45) is 11.3 Å². The summed E-state index contributed by atoms with van der Waals surface area (Å²) in [6.07, 6.45) is 3.44. The number of hydrogen-bond donors (Lipinski definition) is 0. The van der Waals surface area contributed by atoms with Crippen LogP contribution < -0.4 is 4.74 Å². The molecule has 0 aromatic carbocycles. The first-order valence-electron chi connectivity index (χ1n) is 7.70. The molecule has 23 heavy (non-hydrogen) atoms. The molecule has 0 N–H and O–H groups in total. The van der Waals surface area contributed by atoms with Gasteiger partial charge >= 0.3 is 0 Å². The van der Waals surface area contributed by atoms with Gasteiger partial charge in [-0.15, -0.1) is 11.3 Å². The lowest BCUT2D eigenvalue weighted by Gasteiger charge is -2.26. The average Bonchev–Trinajstić information content (AvgIpc) is 3.29. The van der Waals surface area contributed by atoms with Crippen molar-refractivity contribution in [2.45, 2.75) is 0 Å². The molecule has 0 bridgehead atoms. The Morgan fingerprint density at radius 1 is 1.48 bits per heavy atom. The summed E-state index contributed by atoms with van der Waals surface area (Å²) in [6, 6.07) is 7.56. The van der Waals surface area contributed by atoms with Gasteiger partial charge < -0.3 is 14.4 Å². The zero-order valence-electron chi connectivity index (χ0n) is 12.7. The molecule has 0 unspecified atom stereocenters. The van der Waals surface area contributed by atoms with E-state index in [0.29, 0.717) is 32.3 Å². The molecule has 2 aromatic heterocycles. The molecule has 0 aliphatic carbocycles. The number of carbonyl (C=O) groups is 1. The van der Waals surface area contributed by atoms with Gasteiger partial charge in [-0.05, 0) is 23.6 Å². The van der Waals surface area contributed by atoms with Crippen molar-refractivity contribution < 1.29 is 14.3 Å². The molecule has 2 aliphatic heterocycles. The fraction of sp³-hybridized carbons (Fsp3) is 0.412. The molecule has 0 spiro atoms. The Bertz CT molecular complexity index is 676. The minimum absolute atomic E-state index is 0.108. The molecule has 4 rings (SSSR count). The van der Waals surface area contributed by atoms with Crippen LogP contribution in [0.25, 0.3) is 0 Å². The largest absolute Gasteiger partial charge is 0.491 e. The smallest absolute Gasteiger partial charge is 0.263 e. The minimum atomic E-state index is -0.108. The van der Waals surface area contributed by atoms with Crippen molar-refractivity contribution in [1.82, 2.24) is 9.88 Å². The van der Waals surface area contributed by atoms with Gasteiger partial charge in [0.05, 0.1) is 36.3 Å². The number of aromatic nitrogens is 1. The van der Waals surface area contributed by atoms with Crippen molar-refractivity contribution in [3.05, 3.63) is 46.9 Å². The molecular formula is C17H18N2O3S. The maximum Gasteiger partial charge on any atom is 0.263 e. The minimum Gasteiger partial charge on any atom is -0.491 e. The van der Waals surface area contributed by atoms with Crippen LogP contribution >= 0.6 is 11.3 Å². The molecule has 4 heterocycles. The number of fused-ring (bicyclic) bond motifs is 1. The van der Waals surface area contributed by atoms with E-state index in [1.54, 1.807) is 12.4 Å². The lowest BCUT2D eigenvalue weighted by molar-refractivity contribution is 0.0663. The van der Waals surface area contributed by atoms with Crippen LogP contribution in [0.5, 0.6) is 5.75 Å². The summed E-state index contributed by atoms with van der Waals surface area (Å²) >= 11 is 1.49. The number of amides is 1. The van der Waals surface area contributed by atoms with E-state index in [1.807, 2.05) is 34.5 Å². The molecule has 1 amide bonds. The van der Waals surface area contributed by atoms with E-state index in [2.05, 4.69) is 4.98 Å². The van der Waals surface area contributed by atoms with Gasteiger partial charge in [-0.3, -0.25) is 9.78 Å². The van der Waals surface area contributed by atoms with Gasteiger partial charge in [0.15, 0.2) is 0 Å². The van der Waals surface area contributed by atoms with Crippen LogP contribution in [0.2, 0.25) is 0 Å². The number of thiophene rings is 1. The summed E-state index contributed by atoms with van der Waals surface area (Å²) in [5.74, 6) is 1.22. The average molecular weight is 330 g/mol. The molecule has 6 heteroatoms. The highest BCUT2D eigenvalue weighted by atomic mass is 32.1. The topological polar surface area (TPSA) is 51.7 Å². The van der Waals surface area contributed by atoms with Gasteiger partial charge in [0.25, 0.3) is 5.91 Å². The molecule has 2 aliphatic rings. The van der Waals surface area contributed by atoms with Gasteiger partial charge in [-0.25, -0.2) is 0 Å². The predicted molar refractivity (Wildman–Crippen MR) is 86.7 cm³/mol. The van der Waals surface area contributed by atoms with Crippen LogP contribution in [0, 0.1) is 11.3 Å². The number of likely N-dealkylation sites (tertiary alicyclic amines) is 1. The molecule has 0 saturated carbocycles. The zero-order chi connectivity index (χ0) is 15.7. The SMILES string of the molecule is O=C(c1cccs1)N1C[C@@H]2COC[C@]2(COc2cccnc2)C1. The van der Waals surface area contributed by atoms with E-state index in [9.17, 15) is 4.79 Å². The Balaban J connectivity index is 1.47. The van der Waals surface area contributed by atoms with Crippen molar-refractivity contribution in [3.8, 4) is 5.75 Å². The van der Waals surface area contributed by atoms with Crippen molar-refractivity contribution in [3.63, 3.8) is 0 Å². The Kier molecular flexibility index (Phi) is 3.79. The Labute approximate surface area is 138 Å². The first kappa shape index (κ1) is 14.7. The van der Waals surface area contributed by atoms with Crippen molar-refractivity contribution in [2.75, 3.05) is 32.9 Å². The monoisotopic (exact) mass is 330 g/mol. The predicted octanol–water partition coefficient (Wildman–Crippen LogP) is 2.31. The lowest BCUT2D eigenvalue weighted by atomic mass is 9.82. The third-order valence-electron chi connectivity index (χ3n) is 4.70. The number of hydrogen-bond acceptors (Lipinski definition) is 5.